The van der Waals surface area contributed by atoms with Gasteiger partial charge >= 0.3 is 0 Å². The van der Waals surface area contributed by atoms with Gasteiger partial charge in [-0.15, -0.1) is 0 Å². The minimum Gasteiger partial charge on any atom is -0.323 e. The van der Waals surface area contributed by atoms with Crippen LogP contribution in [0.15, 0.2) is 54.7 Å². The lowest BCUT2D eigenvalue weighted by molar-refractivity contribution is -0.120. The summed E-state index contributed by atoms with van der Waals surface area (Å²) in [5, 5.41) is 3.83. The minimum atomic E-state index is -0.263. The number of aromatic nitrogens is 1. The molecule has 2 amide bonds. The molecule has 0 saturated heterocycles. The highest BCUT2D eigenvalue weighted by atomic mass is 16.2. The van der Waals surface area contributed by atoms with Gasteiger partial charge in [0, 0.05) is 18.5 Å². The van der Waals surface area contributed by atoms with Gasteiger partial charge in [0.25, 0.3) is 0 Å². The van der Waals surface area contributed by atoms with Gasteiger partial charge in [0.2, 0.25) is 11.8 Å². The Morgan fingerprint density at radius 1 is 1.00 bits per heavy atom. The van der Waals surface area contributed by atoms with Crippen LogP contribution in [-0.4, -0.2) is 23.3 Å². The van der Waals surface area contributed by atoms with Crippen molar-refractivity contribution >= 4 is 34.1 Å². The standard InChI is InChI=1S/C21H21N3O2/c1-14-7-4-8-15(2)21(14)24(16(3)25)13-19(26)23-18-11-5-9-17-10-6-12-22-20(17)18/h4-12H,13H2,1-3H3,(H,23,26). The molecule has 3 aromatic rings. The van der Waals surface area contributed by atoms with Gasteiger partial charge in [-0.1, -0.05) is 36.4 Å². The molecule has 1 N–H and O–H groups in total. The third-order valence-corrected chi connectivity index (χ3v) is 4.30. The van der Waals surface area contributed by atoms with Crippen LogP contribution in [0.3, 0.4) is 0 Å². The molecule has 2 aromatic carbocycles. The van der Waals surface area contributed by atoms with Crippen molar-refractivity contribution in [1.82, 2.24) is 4.98 Å². The lowest BCUT2D eigenvalue weighted by Gasteiger charge is -2.24. The first-order valence-corrected chi connectivity index (χ1v) is 8.45. The largest absolute Gasteiger partial charge is 0.323 e. The predicted molar refractivity (Wildman–Crippen MR) is 104 cm³/mol. The Morgan fingerprint density at radius 3 is 2.35 bits per heavy atom. The van der Waals surface area contributed by atoms with Gasteiger partial charge < -0.3 is 10.2 Å². The van der Waals surface area contributed by atoms with Gasteiger partial charge in [0.05, 0.1) is 16.9 Å². The van der Waals surface area contributed by atoms with E-state index in [-0.39, 0.29) is 18.4 Å². The van der Waals surface area contributed by atoms with Gasteiger partial charge in [-0.25, -0.2) is 0 Å². The van der Waals surface area contributed by atoms with Gasteiger partial charge in [-0.2, -0.15) is 0 Å². The zero-order valence-electron chi connectivity index (χ0n) is 15.1. The first-order valence-electron chi connectivity index (χ1n) is 8.45. The Labute approximate surface area is 152 Å². The van der Waals surface area contributed by atoms with Crippen molar-refractivity contribution in [2.45, 2.75) is 20.8 Å². The summed E-state index contributed by atoms with van der Waals surface area (Å²) in [7, 11) is 0. The summed E-state index contributed by atoms with van der Waals surface area (Å²) in [6.07, 6.45) is 1.69. The van der Waals surface area contributed by atoms with E-state index in [0.29, 0.717) is 5.69 Å². The number of hydrogen-bond donors (Lipinski definition) is 1. The first-order chi connectivity index (χ1) is 12.5. The van der Waals surface area contributed by atoms with E-state index in [1.807, 2.05) is 62.4 Å². The molecule has 0 bridgehead atoms. The summed E-state index contributed by atoms with van der Waals surface area (Å²) in [6.45, 7) is 5.29. The Hall–Kier alpha value is -3.21. The Bertz CT molecular complexity index is 956. The van der Waals surface area contributed by atoms with Gasteiger partial charge in [-0.3, -0.25) is 14.6 Å². The maximum Gasteiger partial charge on any atom is 0.244 e. The minimum absolute atomic E-state index is 0.0513. The molecule has 3 rings (SSSR count). The van der Waals surface area contributed by atoms with Crippen molar-refractivity contribution in [3.8, 4) is 0 Å². The molecule has 0 spiro atoms. The number of carbonyl (C=O) groups is 2. The van der Waals surface area contributed by atoms with E-state index in [1.54, 1.807) is 6.20 Å². The highest BCUT2D eigenvalue weighted by Gasteiger charge is 2.19. The van der Waals surface area contributed by atoms with Crippen molar-refractivity contribution in [2.24, 2.45) is 0 Å². The number of carbonyl (C=O) groups excluding carboxylic acids is 2. The molecule has 5 heteroatoms. The van der Waals surface area contributed by atoms with Crippen LogP contribution < -0.4 is 10.2 Å². The van der Waals surface area contributed by atoms with Gasteiger partial charge in [0.15, 0.2) is 0 Å². The molecule has 0 aliphatic carbocycles. The molecule has 0 radical (unpaired) electrons. The van der Waals surface area contributed by atoms with Crippen molar-refractivity contribution in [1.29, 1.82) is 0 Å². The van der Waals surface area contributed by atoms with E-state index < -0.39 is 0 Å². The fourth-order valence-corrected chi connectivity index (χ4v) is 3.12. The number of nitrogens with zero attached hydrogens (tertiary/aromatic N) is 2. The zero-order chi connectivity index (χ0) is 18.7. The number of para-hydroxylation sites is 2. The summed E-state index contributed by atoms with van der Waals surface area (Å²) in [5.74, 6) is -0.436. The molecule has 1 aromatic heterocycles. The van der Waals surface area contributed by atoms with Crippen LogP contribution in [0.2, 0.25) is 0 Å². The monoisotopic (exact) mass is 347 g/mol. The fourth-order valence-electron chi connectivity index (χ4n) is 3.12. The fraction of sp³-hybridized carbons (Fsp3) is 0.190. The Kier molecular flexibility index (Phi) is 4.98. The van der Waals surface area contributed by atoms with E-state index in [1.165, 1.54) is 11.8 Å². The van der Waals surface area contributed by atoms with Crippen molar-refractivity contribution < 1.29 is 9.59 Å². The molecule has 0 aliphatic heterocycles. The van der Waals surface area contributed by atoms with Crippen molar-refractivity contribution in [2.75, 3.05) is 16.8 Å². The number of rotatable bonds is 4. The van der Waals surface area contributed by atoms with E-state index in [0.717, 1.165) is 27.7 Å². The molecule has 0 saturated carbocycles. The number of nitrogens with one attached hydrogen (secondary N) is 1. The topological polar surface area (TPSA) is 62.3 Å². The summed E-state index contributed by atoms with van der Waals surface area (Å²) in [5.41, 5.74) is 4.06. The van der Waals surface area contributed by atoms with Crippen molar-refractivity contribution in [3.63, 3.8) is 0 Å². The van der Waals surface area contributed by atoms with Crippen LogP contribution in [-0.2, 0) is 9.59 Å². The lowest BCUT2D eigenvalue weighted by Crippen LogP contribution is -2.37. The number of hydrogen-bond acceptors (Lipinski definition) is 3. The molecule has 5 nitrogen and oxygen atoms in total. The molecule has 132 valence electrons. The van der Waals surface area contributed by atoms with Crippen LogP contribution >= 0.6 is 0 Å². The summed E-state index contributed by atoms with van der Waals surface area (Å²) >= 11 is 0. The SMILES string of the molecule is CC(=O)N(CC(=O)Nc1cccc2cccnc12)c1c(C)cccc1C. The lowest BCUT2D eigenvalue weighted by atomic mass is 10.1. The number of anilines is 2. The third-order valence-electron chi connectivity index (χ3n) is 4.30. The number of fused-ring (bicyclic) bond motifs is 1. The smallest absolute Gasteiger partial charge is 0.244 e. The molecule has 0 unspecified atom stereocenters. The zero-order valence-corrected chi connectivity index (χ0v) is 15.1. The first kappa shape index (κ1) is 17.6. The second kappa shape index (κ2) is 7.35. The van der Waals surface area contributed by atoms with Crippen LogP contribution in [0.1, 0.15) is 18.1 Å². The van der Waals surface area contributed by atoms with E-state index in [9.17, 15) is 9.59 Å². The average molecular weight is 347 g/mol. The van der Waals surface area contributed by atoms with Crippen LogP contribution in [0.5, 0.6) is 0 Å². The van der Waals surface area contributed by atoms with Gasteiger partial charge in [-0.05, 0) is 37.1 Å². The normalized spacial score (nSPS) is 10.6. The molecule has 1 heterocycles. The maximum atomic E-state index is 12.6. The quantitative estimate of drug-likeness (QED) is 0.780. The molecular formula is C21H21N3O2. The molecular weight excluding hydrogens is 326 g/mol. The third kappa shape index (κ3) is 3.57. The van der Waals surface area contributed by atoms with Gasteiger partial charge in [0.1, 0.15) is 6.54 Å². The molecule has 0 aliphatic rings. The summed E-state index contributed by atoms with van der Waals surface area (Å²) in [4.78, 5) is 30.7. The summed E-state index contributed by atoms with van der Waals surface area (Å²) < 4.78 is 0. The maximum absolute atomic E-state index is 12.6. The molecule has 0 atom stereocenters. The van der Waals surface area contributed by atoms with E-state index >= 15 is 0 Å². The summed E-state index contributed by atoms with van der Waals surface area (Å²) in [6, 6.07) is 15.2. The van der Waals surface area contributed by atoms with E-state index in [4.69, 9.17) is 0 Å². The Morgan fingerprint density at radius 2 is 1.65 bits per heavy atom. The number of aryl methyl sites for hydroxylation is 2. The van der Waals surface area contributed by atoms with E-state index in [2.05, 4.69) is 10.3 Å². The van der Waals surface area contributed by atoms with Crippen LogP contribution in [0, 0.1) is 13.8 Å². The van der Waals surface area contributed by atoms with Crippen molar-refractivity contribution in [3.05, 3.63) is 65.9 Å². The highest BCUT2D eigenvalue weighted by Crippen LogP contribution is 2.25. The number of amides is 2. The predicted octanol–water partition coefficient (Wildman–Crippen LogP) is 3.84. The Balaban J connectivity index is 1.86. The molecule has 0 fully saturated rings. The second-order valence-electron chi connectivity index (χ2n) is 6.27. The number of pyridine rings is 1. The highest BCUT2D eigenvalue weighted by molar-refractivity contribution is 6.05. The number of benzene rings is 2. The van der Waals surface area contributed by atoms with Crippen LogP contribution in [0.25, 0.3) is 10.9 Å². The molecule has 26 heavy (non-hydrogen) atoms. The second-order valence-corrected chi connectivity index (χ2v) is 6.27. The average Bonchev–Trinajstić information content (AvgIpc) is 2.61. The van der Waals surface area contributed by atoms with Crippen LogP contribution in [0.4, 0.5) is 11.4 Å².